The summed E-state index contributed by atoms with van der Waals surface area (Å²) in [5.41, 5.74) is 0.793. The highest BCUT2D eigenvalue weighted by molar-refractivity contribution is 5.11. The molecule has 6 aliphatic rings. The lowest BCUT2D eigenvalue weighted by atomic mass is 9.44. The molecule has 52 heavy (non-hydrogen) atoms. The molecule has 0 aromatic heterocycles. The van der Waals surface area contributed by atoms with E-state index in [0.717, 1.165) is 54.8 Å². The zero-order valence-electron chi connectivity index (χ0n) is 32.3. The van der Waals surface area contributed by atoms with Crippen LogP contribution in [0.25, 0.3) is 0 Å². The molecule has 1 saturated heterocycles. The van der Waals surface area contributed by atoms with Crippen molar-refractivity contribution in [2.45, 2.75) is 155 Å². The summed E-state index contributed by atoms with van der Waals surface area (Å²) in [5, 5.41) is 72.6. The Balaban J connectivity index is 1.09. The van der Waals surface area contributed by atoms with Crippen LogP contribution in [-0.2, 0) is 18.9 Å². The van der Waals surface area contributed by atoms with E-state index in [1.54, 1.807) is 0 Å². The van der Waals surface area contributed by atoms with E-state index in [1.807, 2.05) is 0 Å². The highest BCUT2D eigenvalue weighted by Crippen LogP contribution is 2.68. The number of ether oxygens (including phenoxy) is 4. The lowest BCUT2D eigenvalue weighted by Gasteiger charge is -2.61. The second-order valence-corrected chi connectivity index (χ2v) is 18.8. The topological polar surface area (TPSA) is 179 Å². The highest BCUT2D eigenvalue weighted by Gasteiger charge is 2.60. The normalized spacial score (nSPS) is 47.2. The second kappa shape index (κ2) is 16.5. The molecule has 0 aromatic carbocycles. The summed E-state index contributed by atoms with van der Waals surface area (Å²) in [6.07, 6.45) is 5.04. The molecule has 300 valence electrons. The fraction of sp³-hybridized carbons (Fsp3) is 0.951. The van der Waals surface area contributed by atoms with E-state index >= 15 is 0 Å². The number of aliphatic hydroxyl groups is 7. The third-order valence-electron chi connectivity index (χ3n) is 15.5. The van der Waals surface area contributed by atoms with Gasteiger partial charge in [-0.15, -0.1) is 0 Å². The van der Waals surface area contributed by atoms with Crippen molar-refractivity contribution in [3.05, 3.63) is 11.7 Å². The van der Waals surface area contributed by atoms with Gasteiger partial charge in [0.15, 0.2) is 18.5 Å². The van der Waals surface area contributed by atoms with E-state index in [2.05, 4.69) is 34.6 Å². The minimum Gasteiger partial charge on any atom is -0.504 e. The first-order valence-electron chi connectivity index (χ1n) is 20.7. The van der Waals surface area contributed by atoms with Crippen molar-refractivity contribution in [2.24, 2.45) is 64.1 Å². The van der Waals surface area contributed by atoms with Crippen LogP contribution in [0.2, 0.25) is 0 Å². The van der Waals surface area contributed by atoms with Gasteiger partial charge < -0.3 is 54.7 Å². The van der Waals surface area contributed by atoms with Crippen molar-refractivity contribution >= 4 is 0 Å². The van der Waals surface area contributed by atoms with Crippen LogP contribution in [0.3, 0.4) is 0 Å². The van der Waals surface area contributed by atoms with Crippen molar-refractivity contribution < 1.29 is 54.7 Å². The molecule has 4 aliphatic carbocycles. The molecule has 0 radical (unpaired) electrons. The molecule has 11 heteroatoms. The van der Waals surface area contributed by atoms with Gasteiger partial charge in [-0.05, 0) is 116 Å². The SMILES string of the molecule is CC(C)CCCC(C)[C@H]1CCC2C3CCC4C[C@@H](CO[C@H]5OCC(CO)[C@@H](O)C(O)C5OC5=C(O)C(O)[C@H](O)C(CO)O5)CC[C@]4(C)C3CC[C@@]21C. The van der Waals surface area contributed by atoms with Crippen molar-refractivity contribution in [1.82, 2.24) is 0 Å². The molecule has 0 amide bonds. The van der Waals surface area contributed by atoms with Gasteiger partial charge >= 0.3 is 5.95 Å². The Kier molecular flexibility index (Phi) is 12.8. The average Bonchev–Trinajstić information content (AvgIpc) is 3.43. The van der Waals surface area contributed by atoms with Gasteiger partial charge in [-0.2, -0.15) is 0 Å². The van der Waals surface area contributed by atoms with Gasteiger partial charge in [0.25, 0.3) is 0 Å². The molecule has 2 heterocycles. The van der Waals surface area contributed by atoms with E-state index in [9.17, 15) is 35.7 Å². The lowest BCUT2D eigenvalue weighted by molar-refractivity contribution is -0.243. The summed E-state index contributed by atoms with van der Waals surface area (Å²) >= 11 is 0. The molecule has 10 unspecified atom stereocenters. The second-order valence-electron chi connectivity index (χ2n) is 18.8. The van der Waals surface area contributed by atoms with Gasteiger partial charge in [0.05, 0.1) is 32.5 Å². The van der Waals surface area contributed by atoms with Crippen LogP contribution in [0.5, 0.6) is 0 Å². The van der Waals surface area contributed by atoms with E-state index < -0.39 is 73.7 Å². The van der Waals surface area contributed by atoms with Crippen LogP contribution >= 0.6 is 0 Å². The molecule has 17 atom stereocenters. The summed E-state index contributed by atoms with van der Waals surface area (Å²) in [5.74, 6) is 3.54. The van der Waals surface area contributed by atoms with Crippen molar-refractivity contribution in [1.29, 1.82) is 0 Å². The monoisotopic (exact) mass is 738 g/mol. The first-order chi connectivity index (χ1) is 24.7. The smallest absolute Gasteiger partial charge is 0.322 e. The van der Waals surface area contributed by atoms with E-state index in [0.29, 0.717) is 23.4 Å². The minimum atomic E-state index is -1.79. The highest BCUT2D eigenvalue weighted by atomic mass is 16.7. The van der Waals surface area contributed by atoms with Gasteiger partial charge in [-0.3, -0.25) is 0 Å². The molecule has 0 aromatic rings. The van der Waals surface area contributed by atoms with Crippen molar-refractivity contribution in [3.63, 3.8) is 0 Å². The summed E-state index contributed by atoms with van der Waals surface area (Å²) in [4.78, 5) is 0. The molecule has 2 aliphatic heterocycles. The lowest BCUT2D eigenvalue weighted by Crippen LogP contribution is -2.54. The average molecular weight is 739 g/mol. The fourth-order valence-electron chi connectivity index (χ4n) is 12.3. The van der Waals surface area contributed by atoms with Gasteiger partial charge in [0.2, 0.25) is 5.76 Å². The number of hydrogen-bond donors (Lipinski definition) is 7. The van der Waals surface area contributed by atoms with Crippen LogP contribution < -0.4 is 0 Å². The summed E-state index contributed by atoms with van der Waals surface area (Å²) in [6.45, 7) is 11.6. The Bertz CT molecular complexity index is 1210. The fourth-order valence-corrected chi connectivity index (χ4v) is 12.3. The van der Waals surface area contributed by atoms with Crippen molar-refractivity contribution in [3.8, 4) is 0 Å². The molecule has 6 rings (SSSR count). The summed E-state index contributed by atoms with van der Waals surface area (Å²) < 4.78 is 23.6. The van der Waals surface area contributed by atoms with Crippen LogP contribution in [0, 0.1) is 64.1 Å². The van der Waals surface area contributed by atoms with Gasteiger partial charge in [-0.1, -0.05) is 53.9 Å². The largest absolute Gasteiger partial charge is 0.504 e. The van der Waals surface area contributed by atoms with Crippen molar-refractivity contribution in [2.75, 3.05) is 26.4 Å². The van der Waals surface area contributed by atoms with Crippen LogP contribution in [0.1, 0.15) is 112 Å². The first kappa shape index (κ1) is 40.5. The Morgan fingerprint density at radius 1 is 0.827 bits per heavy atom. The van der Waals surface area contributed by atoms with E-state index in [4.69, 9.17) is 18.9 Å². The quantitative estimate of drug-likeness (QED) is 0.148. The van der Waals surface area contributed by atoms with Gasteiger partial charge in [0, 0.05) is 5.92 Å². The zero-order valence-corrected chi connectivity index (χ0v) is 32.3. The van der Waals surface area contributed by atoms with Crippen LogP contribution in [0.15, 0.2) is 11.7 Å². The molecular formula is C41H70O11. The van der Waals surface area contributed by atoms with Gasteiger partial charge in [0.1, 0.15) is 18.3 Å². The zero-order chi connectivity index (χ0) is 37.5. The third kappa shape index (κ3) is 7.65. The number of rotatable bonds is 12. The van der Waals surface area contributed by atoms with Crippen LogP contribution in [-0.4, -0.2) is 105 Å². The first-order valence-corrected chi connectivity index (χ1v) is 20.7. The maximum atomic E-state index is 11.2. The Morgan fingerprint density at radius 2 is 1.56 bits per heavy atom. The van der Waals surface area contributed by atoms with Crippen LogP contribution in [0.4, 0.5) is 0 Å². The summed E-state index contributed by atoms with van der Waals surface area (Å²) in [7, 11) is 0. The standard InChI is InChI=1S/C41H70O11/c1-22(2)7-6-8-23(3)28-11-12-29-27-10-9-26-17-24(13-15-40(26,4)30(27)14-16-41(28,29)5)20-49-39-37(35(47)32(44)25(18-42)21-50-39)52-38-36(48)34(46)33(45)31(19-43)51-38/h22-35,37,39,42-48H,6-21H2,1-5H3/t23?,24-,25?,26?,27?,28+,29?,30?,31?,32+,33+,34?,35?,37?,39-,40-,41+/m0/s1. The molecule has 4 saturated carbocycles. The predicted molar refractivity (Wildman–Crippen MR) is 193 cm³/mol. The molecule has 0 bridgehead atoms. The molecule has 11 nitrogen and oxygen atoms in total. The molecule has 7 N–H and O–H groups in total. The predicted octanol–water partition coefficient (Wildman–Crippen LogP) is 4.65. The number of hydrogen-bond acceptors (Lipinski definition) is 11. The minimum absolute atomic E-state index is 0.0994. The number of aliphatic hydroxyl groups excluding tert-OH is 7. The van der Waals surface area contributed by atoms with E-state index in [-0.39, 0.29) is 12.5 Å². The molecule has 0 spiro atoms. The number of fused-ring (bicyclic) bond motifs is 5. The van der Waals surface area contributed by atoms with E-state index in [1.165, 1.54) is 57.8 Å². The molecule has 5 fully saturated rings. The Labute approximate surface area is 311 Å². The Morgan fingerprint density at radius 3 is 2.27 bits per heavy atom. The maximum Gasteiger partial charge on any atom is 0.322 e. The molecular weight excluding hydrogens is 668 g/mol. The summed E-state index contributed by atoms with van der Waals surface area (Å²) in [6, 6.07) is 0. The Hall–Kier alpha value is -1.18. The third-order valence-corrected chi connectivity index (χ3v) is 15.5. The maximum absolute atomic E-state index is 11.2. The van der Waals surface area contributed by atoms with Gasteiger partial charge in [-0.25, -0.2) is 0 Å².